The second kappa shape index (κ2) is 9.21. The number of ether oxygens (including phenoxy) is 1. The van der Waals surface area contributed by atoms with Crippen molar-refractivity contribution in [1.29, 1.82) is 0 Å². The van der Waals surface area contributed by atoms with Gasteiger partial charge in [-0.05, 0) is 31.5 Å². The van der Waals surface area contributed by atoms with Crippen LogP contribution in [0.2, 0.25) is 0 Å². The zero-order chi connectivity index (χ0) is 19.9. The lowest BCUT2D eigenvalue weighted by molar-refractivity contribution is 0.0949. The number of amides is 2. The van der Waals surface area contributed by atoms with Crippen molar-refractivity contribution in [1.82, 2.24) is 15.2 Å². The van der Waals surface area contributed by atoms with Gasteiger partial charge in [-0.25, -0.2) is 9.78 Å². The van der Waals surface area contributed by atoms with E-state index in [0.717, 1.165) is 11.4 Å². The van der Waals surface area contributed by atoms with Crippen molar-refractivity contribution in [2.45, 2.75) is 20.4 Å². The van der Waals surface area contributed by atoms with Gasteiger partial charge in [0.25, 0.3) is 5.91 Å². The van der Waals surface area contributed by atoms with Crippen molar-refractivity contribution >= 4 is 17.8 Å². The Hall–Kier alpha value is -3.09. The van der Waals surface area contributed by atoms with Crippen LogP contribution in [0.1, 0.15) is 28.4 Å². The summed E-state index contributed by atoms with van der Waals surface area (Å²) in [6, 6.07) is 11.7. The Morgan fingerprint density at radius 1 is 1.07 bits per heavy atom. The Morgan fingerprint density at radius 2 is 1.79 bits per heavy atom. The third kappa shape index (κ3) is 5.00. The highest BCUT2D eigenvalue weighted by Crippen LogP contribution is 2.15. The van der Waals surface area contributed by atoms with Gasteiger partial charge in [0.05, 0.1) is 12.2 Å². The minimum absolute atomic E-state index is 0.147. The number of aryl methyl sites for hydroxylation is 1. The summed E-state index contributed by atoms with van der Waals surface area (Å²) in [4.78, 5) is 32.3. The Morgan fingerprint density at radius 3 is 2.39 bits per heavy atom. The number of hydrogen-bond donors (Lipinski definition) is 1. The highest BCUT2D eigenvalue weighted by atomic mass is 16.6. The fourth-order valence-corrected chi connectivity index (χ4v) is 3.03. The maximum absolute atomic E-state index is 12.3. The number of benzene rings is 1. The first kappa shape index (κ1) is 19.7. The number of carbonyl (C=O) groups excluding carboxylic acids is 2. The monoisotopic (exact) mass is 382 g/mol. The molecule has 1 aliphatic heterocycles. The van der Waals surface area contributed by atoms with Crippen LogP contribution in [-0.2, 0) is 11.3 Å². The Bertz CT molecular complexity index is 797. The van der Waals surface area contributed by atoms with Crippen LogP contribution in [0.3, 0.4) is 0 Å². The smallest absolute Gasteiger partial charge is 0.409 e. The summed E-state index contributed by atoms with van der Waals surface area (Å²) < 4.78 is 5.03. The van der Waals surface area contributed by atoms with Crippen molar-refractivity contribution in [3.05, 3.63) is 59.3 Å². The number of aromatic nitrogens is 1. The summed E-state index contributed by atoms with van der Waals surface area (Å²) in [5.74, 6) is 0.658. The van der Waals surface area contributed by atoms with Gasteiger partial charge in [-0.3, -0.25) is 4.79 Å². The molecule has 28 heavy (non-hydrogen) atoms. The lowest BCUT2D eigenvalue weighted by atomic mass is 10.1. The van der Waals surface area contributed by atoms with E-state index in [9.17, 15) is 9.59 Å². The number of nitrogens with one attached hydrogen (secondary N) is 1. The molecule has 0 spiro atoms. The van der Waals surface area contributed by atoms with Gasteiger partial charge in [0.15, 0.2) is 0 Å². The minimum Gasteiger partial charge on any atom is -0.450 e. The molecule has 148 valence electrons. The molecule has 0 unspecified atom stereocenters. The highest BCUT2D eigenvalue weighted by molar-refractivity contribution is 5.94. The molecule has 0 bridgehead atoms. The van der Waals surface area contributed by atoms with Gasteiger partial charge in [-0.1, -0.05) is 29.8 Å². The summed E-state index contributed by atoms with van der Waals surface area (Å²) in [6.45, 7) is 7.27. The molecule has 1 aliphatic rings. The van der Waals surface area contributed by atoms with Gasteiger partial charge in [0.1, 0.15) is 5.82 Å². The number of carbonyl (C=O) groups is 2. The molecule has 0 atom stereocenters. The van der Waals surface area contributed by atoms with Crippen LogP contribution in [0.25, 0.3) is 0 Å². The Balaban J connectivity index is 1.51. The van der Waals surface area contributed by atoms with Crippen molar-refractivity contribution in [2.75, 3.05) is 37.7 Å². The maximum atomic E-state index is 12.3. The van der Waals surface area contributed by atoms with E-state index in [1.54, 1.807) is 24.1 Å². The first-order valence-corrected chi connectivity index (χ1v) is 9.53. The van der Waals surface area contributed by atoms with Gasteiger partial charge < -0.3 is 19.9 Å². The predicted octanol–water partition coefficient (Wildman–Crippen LogP) is 2.60. The van der Waals surface area contributed by atoms with E-state index in [1.807, 2.05) is 37.3 Å². The van der Waals surface area contributed by atoms with E-state index in [-0.39, 0.29) is 12.0 Å². The average Bonchev–Trinajstić information content (AvgIpc) is 2.73. The third-order valence-electron chi connectivity index (χ3n) is 4.71. The highest BCUT2D eigenvalue weighted by Gasteiger charge is 2.22. The van der Waals surface area contributed by atoms with E-state index in [4.69, 9.17) is 4.74 Å². The second-order valence-corrected chi connectivity index (χ2v) is 6.75. The molecule has 0 aliphatic carbocycles. The van der Waals surface area contributed by atoms with E-state index in [1.165, 1.54) is 5.56 Å². The first-order chi connectivity index (χ1) is 13.6. The quantitative estimate of drug-likeness (QED) is 0.860. The zero-order valence-electron chi connectivity index (χ0n) is 16.4. The number of nitrogens with zero attached hydrogens (tertiary/aromatic N) is 3. The van der Waals surface area contributed by atoms with Gasteiger partial charge in [0, 0.05) is 38.9 Å². The van der Waals surface area contributed by atoms with Crippen LogP contribution < -0.4 is 10.2 Å². The fourth-order valence-electron chi connectivity index (χ4n) is 3.03. The SMILES string of the molecule is CCOC(=O)N1CCN(c2ccc(C(=O)NCc3ccc(C)cc3)cn2)CC1. The van der Waals surface area contributed by atoms with Gasteiger partial charge in [0.2, 0.25) is 0 Å². The standard InChI is InChI=1S/C21H26N4O3/c1-3-28-21(27)25-12-10-24(11-13-25)19-9-8-18(15-22-19)20(26)23-14-17-6-4-16(2)5-7-17/h4-9,15H,3,10-14H2,1-2H3,(H,23,26). The molecule has 0 saturated carbocycles. The van der Waals surface area contributed by atoms with Crippen molar-refractivity contribution < 1.29 is 14.3 Å². The molecular weight excluding hydrogens is 356 g/mol. The maximum Gasteiger partial charge on any atom is 0.409 e. The molecule has 1 aromatic heterocycles. The molecule has 1 saturated heterocycles. The summed E-state index contributed by atoms with van der Waals surface area (Å²) in [7, 11) is 0. The van der Waals surface area contributed by atoms with Crippen LogP contribution in [0, 0.1) is 6.92 Å². The molecule has 2 aromatic rings. The normalized spacial score (nSPS) is 13.9. The topological polar surface area (TPSA) is 74.8 Å². The summed E-state index contributed by atoms with van der Waals surface area (Å²) in [6.07, 6.45) is 1.33. The lowest BCUT2D eigenvalue weighted by Gasteiger charge is -2.34. The second-order valence-electron chi connectivity index (χ2n) is 6.75. The number of pyridine rings is 1. The van der Waals surface area contributed by atoms with Crippen molar-refractivity contribution in [2.24, 2.45) is 0 Å². The van der Waals surface area contributed by atoms with Crippen LogP contribution in [0.4, 0.5) is 10.6 Å². The summed E-state index contributed by atoms with van der Waals surface area (Å²) >= 11 is 0. The Labute approximate surface area is 165 Å². The summed E-state index contributed by atoms with van der Waals surface area (Å²) in [5.41, 5.74) is 2.78. The average molecular weight is 382 g/mol. The third-order valence-corrected chi connectivity index (χ3v) is 4.71. The van der Waals surface area contributed by atoms with Gasteiger partial charge in [-0.2, -0.15) is 0 Å². The largest absolute Gasteiger partial charge is 0.450 e. The van der Waals surface area contributed by atoms with E-state index < -0.39 is 0 Å². The van der Waals surface area contributed by atoms with Gasteiger partial charge in [-0.15, -0.1) is 0 Å². The minimum atomic E-state index is -0.268. The molecule has 2 heterocycles. The van der Waals surface area contributed by atoms with Crippen LogP contribution in [-0.4, -0.2) is 54.7 Å². The number of piperazine rings is 1. The number of hydrogen-bond acceptors (Lipinski definition) is 5. The van der Waals surface area contributed by atoms with Crippen LogP contribution in [0.15, 0.2) is 42.6 Å². The Kier molecular flexibility index (Phi) is 6.47. The zero-order valence-corrected chi connectivity index (χ0v) is 16.4. The van der Waals surface area contributed by atoms with E-state index in [0.29, 0.717) is 44.9 Å². The fraction of sp³-hybridized carbons (Fsp3) is 0.381. The summed E-state index contributed by atoms with van der Waals surface area (Å²) in [5, 5.41) is 2.91. The molecule has 1 fully saturated rings. The van der Waals surface area contributed by atoms with E-state index in [2.05, 4.69) is 15.2 Å². The number of anilines is 1. The molecular formula is C21H26N4O3. The molecule has 0 radical (unpaired) electrons. The van der Waals surface area contributed by atoms with E-state index >= 15 is 0 Å². The molecule has 7 heteroatoms. The van der Waals surface area contributed by atoms with Crippen molar-refractivity contribution in [3.8, 4) is 0 Å². The molecule has 1 N–H and O–H groups in total. The van der Waals surface area contributed by atoms with Crippen LogP contribution in [0.5, 0.6) is 0 Å². The molecule has 3 rings (SSSR count). The molecule has 2 amide bonds. The van der Waals surface area contributed by atoms with Crippen LogP contribution >= 0.6 is 0 Å². The molecule has 1 aromatic carbocycles. The predicted molar refractivity (Wildman–Crippen MR) is 107 cm³/mol. The first-order valence-electron chi connectivity index (χ1n) is 9.53. The number of rotatable bonds is 5. The molecule has 7 nitrogen and oxygen atoms in total. The van der Waals surface area contributed by atoms with Crippen molar-refractivity contribution in [3.63, 3.8) is 0 Å². The van der Waals surface area contributed by atoms with Gasteiger partial charge >= 0.3 is 6.09 Å². The lowest BCUT2D eigenvalue weighted by Crippen LogP contribution is -2.49.